The van der Waals surface area contributed by atoms with E-state index in [1.165, 1.54) is 4.90 Å². The quantitative estimate of drug-likeness (QED) is 0.145. The van der Waals surface area contributed by atoms with Gasteiger partial charge >= 0.3 is 0 Å². The van der Waals surface area contributed by atoms with E-state index in [9.17, 15) is 9.59 Å². The van der Waals surface area contributed by atoms with Crippen LogP contribution in [0.1, 0.15) is 48.0 Å². The highest BCUT2D eigenvalue weighted by Gasteiger charge is 2.70. The van der Waals surface area contributed by atoms with Crippen LogP contribution < -0.4 is 4.90 Å². The molecule has 1 aromatic rings. The van der Waals surface area contributed by atoms with Crippen LogP contribution in [0.3, 0.4) is 0 Å². The van der Waals surface area contributed by atoms with Crippen LogP contribution in [-0.4, -0.2) is 58.2 Å². The van der Waals surface area contributed by atoms with Gasteiger partial charge in [-0.2, -0.15) is 0 Å². The molecule has 6 atom stereocenters. The normalized spacial score (nSPS) is 31.8. The van der Waals surface area contributed by atoms with E-state index in [2.05, 4.69) is 89.7 Å². The van der Waals surface area contributed by atoms with Gasteiger partial charge in [-0.3, -0.25) is 9.59 Å². The maximum absolute atomic E-state index is 14.3. The molecule has 0 unspecified atom stereocenters. The smallest absolute Gasteiger partial charge is 0.254 e. The summed E-state index contributed by atoms with van der Waals surface area (Å²) in [6.07, 6.45) is 1.69. The first-order valence-corrected chi connectivity index (χ1v) is 20.6. The lowest BCUT2D eigenvalue weighted by Gasteiger charge is -2.44. The maximum atomic E-state index is 14.3. The first kappa shape index (κ1) is 30.8. The third-order valence-corrected chi connectivity index (χ3v) is 20.2. The van der Waals surface area contributed by atoms with Crippen molar-refractivity contribution in [1.29, 1.82) is 0 Å². The Labute approximate surface area is 245 Å². The molecule has 4 rings (SSSR count). The molecule has 39 heavy (non-hydrogen) atoms. The van der Waals surface area contributed by atoms with Crippen molar-refractivity contribution < 1.29 is 23.2 Å². The van der Waals surface area contributed by atoms with E-state index in [0.29, 0.717) is 12.1 Å². The molecule has 9 heteroatoms. The van der Waals surface area contributed by atoms with Crippen molar-refractivity contribution in [3.63, 3.8) is 0 Å². The number of ether oxygens (including phenoxy) is 1. The molecule has 1 aliphatic heterocycles. The van der Waals surface area contributed by atoms with Gasteiger partial charge in [0.2, 0.25) is 5.91 Å². The van der Waals surface area contributed by atoms with Gasteiger partial charge in [-0.25, -0.2) is 4.90 Å². The van der Waals surface area contributed by atoms with Crippen molar-refractivity contribution in [2.75, 3.05) is 12.0 Å². The molecule has 1 saturated heterocycles. The molecular weight excluding hydrogens is 590 g/mol. The second kappa shape index (κ2) is 10.0. The zero-order chi connectivity index (χ0) is 29.3. The molecule has 216 valence electrons. The van der Waals surface area contributed by atoms with Gasteiger partial charge in [-0.1, -0.05) is 81.7 Å². The van der Waals surface area contributed by atoms with Crippen LogP contribution in [0.25, 0.3) is 0 Å². The lowest BCUT2D eigenvalue weighted by atomic mass is 9.71. The van der Waals surface area contributed by atoms with Gasteiger partial charge in [-0.05, 0) is 54.0 Å². The number of anilines is 1. The minimum Gasteiger partial charge on any atom is -0.413 e. The molecule has 2 aliphatic carbocycles. The Morgan fingerprint density at radius 3 is 1.97 bits per heavy atom. The largest absolute Gasteiger partial charge is 0.413 e. The fourth-order valence-corrected chi connectivity index (χ4v) is 9.30. The number of amides is 2. The standard InChI is InChI=1S/C30H46BrNO5Si2/c1-28(2,3)38(8,9)36-21-18-22(37-39(10,11)29(4,5)6)24-20(21)17-23(35-7)30(31)25(24)26(33)32(27(30)34)19-15-13-12-14-16-19/h12-17,21-25H,18H2,1-11H3/t21-,22+,23+,24+,25+,30-/m1/s1. The number of rotatable bonds is 6. The average Bonchev–Trinajstić information content (AvgIpc) is 3.22. The number of hydrogen-bond acceptors (Lipinski definition) is 5. The van der Waals surface area contributed by atoms with Crippen molar-refractivity contribution in [3.8, 4) is 0 Å². The van der Waals surface area contributed by atoms with Crippen molar-refractivity contribution in [2.24, 2.45) is 11.8 Å². The molecule has 0 radical (unpaired) electrons. The number of alkyl halides is 1. The second-order valence-electron chi connectivity index (χ2n) is 14.4. The SMILES string of the molecule is CO[C@H]1C=C2[C@@H]([C@@H](O[Si](C)(C)C(C)(C)C)C[C@H]2O[Si](C)(C)C(C)(C)C)[C@H]2C(=O)N(c3ccccc3)C(=O)[C@@]12Br. The number of methoxy groups -OCH3 is 1. The van der Waals surface area contributed by atoms with Gasteiger partial charge < -0.3 is 13.6 Å². The van der Waals surface area contributed by atoms with Crippen LogP contribution in [0.15, 0.2) is 42.0 Å². The van der Waals surface area contributed by atoms with Crippen molar-refractivity contribution >= 4 is 50.1 Å². The first-order valence-electron chi connectivity index (χ1n) is 14.0. The molecule has 6 nitrogen and oxygen atoms in total. The zero-order valence-corrected chi connectivity index (χ0v) is 29.0. The highest BCUT2D eigenvalue weighted by molar-refractivity contribution is 9.10. The van der Waals surface area contributed by atoms with Gasteiger partial charge in [0.1, 0.15) is 10.4 Å². The predicted octanol–water partition coefficient (Wildman–Crippen LogP) is 7.07. The Kier molecular flexibility index (Phi) is 7.92. The van der Waals surface area contributed by atoms with E-state index >= 15 is 0 Å². The van der Waals surface area contributed by atoms with Gasteiger partial charge in [-0.15, -0.1) is 0 Å². The highest BCUT2D eigenvalue weighted by Crippen LogP contribution is 2.58. The molecule has 0 aromatic heterocycles. The minimum absolute atomic E-state index is 0.00392. The lowest BCUT2D eigenvalue weighted by Crippen LogP contribution is -2.55. The summed E-state index contributed by atoms with van der Waals surface area (Å²) < 4.78 is 18.9. The highest BCUT2D eigenvalue weighted by atomic mass is 79.9. The summed E-state index contributed by atoms with van der Waals surface area (Å²) >= 11 is 3.83. The Morgan fingerprint density at radius 2 is 1.46 bits per heavy atom. The number of nitrogens with zero attached hydrogens (tertiary/aromatic N) is 1. The summed E-state index contributed by atoms with van der Waals surface area (Å²) in [6, 6.07) is 9.19. The molecule has 0 bridgehead atoms. The van der Waals surface area contributed by atoms with Crippen LogP contribution in [0, 0.1) is 11.8 Å². The summed E-state index contributed by atoms with van der Waals surface area (Å²) in [5.41, 5.74) is 1.62. The number of benzene rings is 1. The molecule has 0 spiro atoms. The number of halogens is 1. The van der Waals surface area contributed by atoms with Crippen LogP contribution in [-0.2, 0) is 23.2 Å². The Hall–Kier alpha value is -1.11. The predicted molar refractivity (Wildman–Crippen MR) is 165 cm³/mol. The molecule has 0 N–H and O–H groups in total. The fraction of sp³-hybridized carbons (Fsp3) is 0.667. The molecule has 1 saturated carbocycles. The van der Waals surface area contributed by atoms with Gasteiger partial charge in [0, 0.05) is 19.4 Å². The Morgan fingerprint density at radius 1 is 0.923 bits per heavy atom. The van der Waals surface area contributed by atoms with Crippen LogP contribution in [0.4, 0.5) is 5.69 Å². The third-order valence-electron chi connectivity index (χ3n) is 9.95. The van der Waals surface area contributed by atoms with Crippen LogP contribution in [0.2, 0.25) is 36.3 Å². The van der Waals surface area contributed by atoms with E-state index in [1.807, 2.05) is 18.2 Å². The molecule has 1 heterocycles. The summed E-state index contributed by atoms with van der Waals surface area (Å²) in [4.78, 5) is 29.8. The summed E-state index contributed by atoms with van der Waals surface area (Å²) in [6.45, 7) is 22.4. The Bertz CT molecular complexity index is 1160. The molecule has 1 aromatic carbocycles. The molecule has 2 fully saturated rings. The van der Waals surface area contributed by atoms with Gasteiger partial charge in [0.15, 0.2) is 16.6 Å². The third kappa shape index (κ3) is 4.99. The summed E-state index contributed by atoms with van der Waals surface area (Å²) in [7, 11) is -2.76. The van der Waals surface area contributed by atoms with E-state index in [0.717, 1.165) is 5.57 Å². The first-order chi connectivity index (χ1) is 17.8. The average molecular weight is 637 g/mol. The molecule has 3 aliphatic rings. The lowest BCUT2D eigenvalue weighted by molar-refractivity contribution is -0.123. The minimum atomic E-state index is -2.21. The molecular formula is C30H46BrNO5Si2. The number of hydrogen-bond donors (Lipinski definition) is 0. The van der Waals surface area contributed by atoms with Gasteiger partial charge in [0.05, 0.1) is 23.8 Å². The van der Waals surface area contributed by atoms with Gasteiger partial charge in [0.25, 0.3) is 5.91 Å². The number of para-hydroxylation sites is 1. The fourth-order valence-electron chi connectivity index (χ4n) is 5.67. The zero-order valence-electron chi connectivity index (χ0n) is 25.4. The van der Waals surface area contributed by atoms with Crippen molar-refractivity contribution in [2.45, 2.75) is 107 Å². The second-order valence-corrected chi connectivity index (χ2v) is 25.3. The van der Waals surface area contributed by atoms with E-state index < -0.39 is 33.0 Å². The maximum Gasteiger partial charge on any atom is 0.254 e. The Balaban J connectivity index is 1.85. The number of carbonyl (C=O) groups excluding carboxylic acids is 2. The van der Waals surface area contributed by atoms with Crippen molar-refractivity contribution in [1.82, 2.24) is 0 Å². The monoisotopic (exact) mass is 635 g/mol. The van der Waals surface area contributed by atoms with E-state index in [-0.39, 0.29) is 40.0 Å². The topological polar surface area (TPSA) is 65.1 Å². The van der Waals surface area contributed by atoms with E-state index in [4.69, 9.17) is 13.6 Å². The number of carbonyl (C=O) groups is 2. The van der Waals surface area contributed by atoms with Crippen LogP contribution in [0.5, 0.6) is 0 Å². The number of imide groups is 1. The van der Waals surface area contributed by atoms with E-state index in [1.54, 1.807) is 19.2 Å². The molecule has 2 amide bonds. The van der Waals surface area contributed by atoms with Crippen LogP contribution >= 0.6 is 15.9 Å². The van der Waals surface area contributed by atoms with Crippen molar-refractivity contribution in [3.05, 3.63) is 42.0 Å². The summed E-state index contributed by atoms with van der Waals surface area (Å²) in [5, 5.41) is 0.0231. The summed E-state index contributed by atoms with van der Waals surface area (Å²) in [5.74, 6) is -1.45. The number of fused-ring (bicyclic) bond motifs is 3.